The summed E-state index contributed by atoms with van der Waals surface area (Å²) in [6, 6.07) is 28.4. The van der Waals surface area contributed by atoms with Crippen LogP contribution in [0.3, 0.4) is 0 Å². The number of likely N-dealkylation sites (tertiary alicyclic amines) is 1. The van der Waals surface area contributed by atoms with Crippen molar-refractivity contribution in [3.8, 4) is 0 Å². The van der Waals surface area contributed by atoms with E-state index in [1.807, 2.05) is 6.07 Å². The maximum Gasteiger partial charge on any atom is 0.255 e. The minimum absolute atomic E-state index is 0.104. The summed E-state index contributed by atoms with van der Waals surface area (Å²) < 4.78 is 0. The normalized spacial score (nSPS) is 22.0. The fourth-order valence-corrected chi connectivity index (χ4v) is 8.04. The molecule has 1 N–H and O–H groups in total. The number of nitrogens with zero attached hydrogens (tertiary/aromatic N) is 4. The number of piperidine rings is 2. The summed E-state index contributed by atoms with van der Waals surface area (Å²) in [6.07, 6.45) is 5.21. The molecule has 240 valence electrons. The smallest absolute Gasteiger partial charge is 0.255 e. The topological polar surface area (TPSA) is 76.2 Å². The first-order valence-corrected chi connectivity index (χ1v) is 17.1. The number of carbonyl (C=O) groups excluding carboxylic acids is 3. The van der Waals surface area contributed by atoms with Crippen molar-refractivity contribution < 1.29 is 14.4 Å². The number of amides is 3. The molecule has 4 aliphatic rings. The SMILES string of the molecule is O=C1CCC(N2Cc3cc(CCCN4CCC(N5CCN(C(c6ccccc6)c6ccccc6)CC5)CC4)ccc3C2=O)C(=O)N1. The zero-order chi connectivity index (χ0) is 31.5. The third-order valence-corrected chi connectivity index (χ3v) is 10.5. The number of hydrogen-bond acceptors (Lipinski definition) is 6. The highest BCUT2D eigenvalue weighted by Gasteiger charge is 2.39. The summed E-state index contributed by atoms with van der Waals surface area (Å²) >= 11 is 0. The van der Waals surface area contributed by atoms with E-state index in [2.05, 4.69) is 92.8 Å². The van der Waals surface area contributed by atoms with Gasteiger partial charge in [0.1, 0.15) is 6.04 Å². The molecule has 3 fully saturated rings. The van der Waals surface area contributed by atoms with Gasteiger partial charge in [-0.25, -0.2) is 0 Å². The van der Waals surface area contributed by atoms with Gasteiger partial charge in [-0.1, -0.05) is 72.8 Å². The van der Waals surface area contributed by atoms with Crippen LogP contribution in [0.25, 0.3) is 0 Å². The number of aryl methyl sites for hydroxylation is 1. The first-order chi connectivity index (χ1) is 22.5. The lowest BCUT2D eigenvalue weighted by molar-refractivity contribution is -0.136. The first kappa shape index (κ1) is 30.8. The molecule has 0 radical (unpaired) electrons. The van der Waals surface area contributed by atoms with Crippen molar-refractivity contribution in [1.29, 1.82) is 0 Å². The van der Waals surface area contributed by atoms with E-state index in [0.717, 1.165) is 64.2 Å². The molecule has 4 heterocycles. The lowest BCUT2D eigenvalue weighted by atomic mass is 9.95. The van der Waals surface area contributed by atoms with Crippen molar-refractivity contribution in [3.63, 3.8) is 0 Å². The summed E-state index contributed by atoms with van der Waals surface area (Å²) in [7, 11) is 0. The summed E-state index contributed by atoms with van der Waals surface area (Å²) in [5, 5.41) is 2.38. The average Bonchev–Trinajstić information content (AvgIpc) is 3.41. The van der Waals surface area contributed by atoms with Crippen LogP contribution in [0.5, 0.6) is 0 Å². The van der Waals surface area contributed by atoms with Crippen LogP contribution >= 0.6 is 0 Å². The number of rotatable bonds is 9. The number of nitrogens with one attached hydrogen (secondary N) is 1. The van der Waals surface area contributed by atoms with Gasteiger partial charge in [0.15, 0.2) is 0 Å². The van der Waals surface area contributed by atoms with Gasteiger partial charge in [-0.15, -0.1) is 0 Å². The highest BCUT2D eigenvalue weighted by atomic mass is 16.2. The highest BCUT2D eigenvalue weighted by molar-refractivity contribution is 6.05. The van der Waals surface area contributed by atoms with E-state index in [0.29, 0.717) is 30.6 Å². The Labute approximate surface area is 272 Å². The third-order valence-electron chi connectivity index (χ3n) is 10.5. The van der Waals surface area contributed by atoms with Gasteiger partial charge in [0.2, 0.25) is 11.8 Å². The van der Waals surface area contributed by atoms with Crippen molar-refractivity contribution >= 4 is 17.7 Å². The summed E-state index contributed by atoms with van der Waals surface area (Å²) in [5.41, 5.74) is 5.67. The van der Waals surface area contributed by atoms with Crippen LogP contribution < -0.4 is 5.32 Å². The largest absolute Gasteiger partial charge is 0.322 e. The number of carbonyl (C=O) groups is 3. The second-order valence-corrected chi connectivity index (χ2v) is 13.4. The second-order valence-electron chi connectivity index (χ2n) is 13.4. The molecule has 3 aromatic rings. The Morgan fingerprint density at radius 1 is 0.761 bits per heavy atom. The van der Waals surface area contributed by atoms with Crippen LogP contribution in [0, 0.1) is 0 Å². The first-order valence-electron chi connectivity index (χ1n) is 17.1. The van der Waals surface area contributed by atoms with Gasteiger partial charge < -0.3 is 9.80 Å². The van der Waals surface area contributed by atoms with E-state index in [4.69, 9.17) is 0 Å². The quantitative estimate of drug-likeness (QED) is 0.361. The molecule has 3 amide bonds. The van der Waals surface area contributed by atoms with Crippen LogP contribution in [-0.2, 0) is 22.6 Å². The molecule has 46 heavy (non-hydrogen) atoms. The molecule has 0 aliphatic carbocycles. The second kappa shape index (κ2) is 13.9. The number of hydrogen-bond donors (Lipinski definition) is 1. The maximum absolute atomic E-state index is 13.0. The average molecular weight is 620 g/mol. The molecule has 0 aromatic heterocycles. The molecule has 0 spiro atoms. The van der Waals surface area contributed by atoms with Gasteiger partial charge in [-0.3, -0.25) is 29.5 Å². The Balaban J connectivity index is 0.860. The molecule has 7 rings (SSSR count). The van der Waals surface area contributed by atoms with Crippen LogP contribution in [-0.4, -0.2) is 95.2 Å². The predicted molar refractivity (Wildman–Crippen MR) is 178 cm³/mol. The van der Waals surface area contributed by atoms with Gasteiger partial charge in [-0.2, -0.15) is 0 Å². The predicted octanol–water partition coefficient (Wildman–Crippen LogP) is 4.25. The van der Waals surface area contributed by atoms with Crippen LogP contribution in [0.1, 0.15) is 70.8 Å². The Hall–Kier alpha value is -3.85. The molecule has 4 aliphatic heterocycles. The van der Waals surface area contributed by atoms with E-state index < -0.39 is 6.04 Å². The Morgan fingerprint density at radius 3 is 2.09 bits per heavy atom. The van der Waals surface area contributed by atoms with Crippen molar-refractivity contribution in [1.82, 2.24) is 24.9 Å². The van der Waals surface area contributed by atoms with Crippen LogP contribution in [0.2, 0.25) is 0 Å². The van der Waals surface area contributed by atoms with E-state index in [1.165, 1.54) is 29.5 Å². The fourth-order valence-electron chi connectivity index (χ4n) is 8.04. The Bertz CT molecular complexity index is 1490. The van der Waals surface area contributed by atoms with Crippen LogP contribution in [0.4, 0.5) is 0 Å². The summed E-state index contributed by atoms with van der Waals surface area (Å²) in [5.74, 6) is -0.720. The van der Waals surface area contributed by atoms with Crippen molar-refractivity contribution in [2.24, 2.45) is 0 Å². The minimum atomic E-state index is -0.562. The van der Waals surface area contributed by atoms with Gasteiger partial charge >= 0.3 is 0 Å². The Morgan fingerprint density at radius 2 is 1.43 bits per heavy atom. The lowest BCUT2D eigenvalue weighted by Gasteiger charge is -2.45. The number of piperazine rings is 1. The van der Waals surface area contributed by atoms with Gasteiger partial charge in [0.25, 0.3) is 5.91 Å². The summed E-state index contributed by atoms with van der Waals surface area (Å²) in [4.78, 5) is 46.6. The lowest BCUT2D eigenvalue weighted by Crippen LogP contribution is -2.53. The van der Waals surface area contributed by atoms with Gasteiger partial charge in [0, 0.05) is 50.7 Å². The van der Waals surface area contributed by atoms with Crippen LogP contribution in [0.15, 0.2) is 78.9 Å². The van der Waals surface area contributed by atoms with E-state index in [9.17, 15) is 14.4 Å². The molecule has 0 saturated carbocycles. The summed E-state index contributed by atoms with van der Waals surface area (Å²) in [6.45, 7) is 8.27. The molecule has 1 unspecified atom stereocenters. The number of benzene rings is 3. The Kier molecular flexibility index (Phi) is 9.28. The fraction of sp³-hybridized carbons (Fsp3) is 0.447. The molecule has 3 saturated heterocycles. The van der Waals surface area contributed by atoms with Gasteiger partial charge in [-0.05, 0) is 80.1 Å². The van der Waals surface area contributed by atoms with Crippen molar-refractivity contribution in [2.75, 3.05) is 45.8 Å². The molecular weight excluding hydrogens is 574 g/mol. The van der Waals surface area contributed by atoms with E-state index in [-0.39, 0.29) is 24.1 Å². The monoisotopic (exact) mass is 619 g/mol. The van der Waals surface area contributed by atoms with Crippen molar-refractivity contribution in [3.05, 3.63) is 107 Å². The maximum atomic E-state index is 13.0. The van der Waals surface area contributed by atoms with E-state index in [1.54, 1.807) is 4.90 Å². The number of fused-ring (bicyclic) bond motifs is 1. The van der Waals surface area contributed by atoms with Gasteiger partial charge in [0.05, 0.1) is 6.04 Å². The standard InChI is InChI=1S/C38H45N5O3/c44-35-16-15-34(37(45)39-35)43-27-31-26-28(13-14-33(31)38(43)46)8-7-19-40-20-17-32(18-21-40)41-22-24-42(25-23-41)36(29-9-3-1-4-10-29)30-11-5-2-6-12-30/h1-6,9-14,26,32,34,36H,7-8,15-25,27H2,(H,39,44,45). The molecular formula is C38H45N5O3. The third kappa shape index (κ3) is 6.66. The molecule has 1 atom stereocenters. The molecule has 8 nitrogen and oxygen atoms in total. The zero-order valence-corrected chi connectivity index (χ0v) is 26.7. The minimum Gasteiger partial charge on any atom is -0.322 e. The highest BCUT2D eigenvalue weighted by Crippen LogP contribution is 2.31. The van der Waals surface area contributed by atoms with Crippen molar-refractivity contribution in [2.45, 2.75) is 63.2 Å². The molecule has 3 aromatic carbocycles. The molecule has 8 heteroatoms. The van der Waals surface area contributed by atoms with E-state index >= 15 is 0 Å². The molecule has 0 bridgehead atoms. The number of imide groups is 1. The zero-order valence-electron chi connectivity index (χ0n) is 26.7.